The molecule has 9 heavy (non-hydrogen) atoms. The topological polar surface area (TPSA) is 3.24 Å². The monoisotopic (exact) mass is 171 g/mol. The van der Waals surface area contributed by atoms with Crippen molar-refractivity contribution in [3.63, 3.8) is 0 Å². The largest absolute Gasteiger partial charge is 0.306 e. The van der Waals surface area contributed by atoms with Crippen molar-refractivity contribution < 1.29 is 0 Å². The van der Waals surface area contributed by atoms with E-state index in [9.17, 15) is 0 Å². The summed E-state index contributed by atoms with van der Waals surface area (Å²) in [4.78, 5) is 2.39. The summed E-state index contributed by atoms with van der Waals surface area (Å²) in [6.45, 7) is 2.64. The summed E-state index contributed by atoms with van der Waals surface area (Å²) >= 11 is 0. The van der Waals surface area contributed by atoms with Crippen LogP contribution in [0.4, 0.5) is 0 Å². The maximum absolute atomic E-state index is 2.39. The third-order valence-electron chi connectivity index (χ3n) is 1.58. The van der Waals surface area contributed by atoms with Gasteiger partial charge < -0.3 is 4.90 Å². The smallest absolute Gasteiger partial charge is 0.00218 e. The number of rotatable bonds is 0. The van der Waals surface area contributed by atoms with Crippen molar-refractivity contribution in [3.8, 4) is 0 Å². The lowest BCUT2D eigenvalue weighted by Crippen LogP contribution is -2.24. The number of likely N-dealkylation sites (tertiary alicyclic amines) is 1. The lowest BCUT2D eigenvalue weighted by molar-refractivity contribution is 0.277. The Hall–Kier alpha value is 0.540. The highest BCUT2D eigenvalue weighted by molar-refractivity contribution is 5.85. The molecule has 0 aliphatic carbocycles. The number of hydrogen-bond acceptors (Lipinski definition) is 1. The van der Waals surface area contributed by atoms with Gasteiger partial charge in [0.25, 0.3) is 0 Å². The van der Waals surface area contributed by atoms with Crippen LogP contribution in [0.25, 0.3) is 0 Å². The predicted octanol–water partition coefficient (Wildman–Crippen LogP) is 1.95. The second kappa shape index (κ2) is 6.66. The Bertz CT molecular complexity index is 53.0. The van der Waals surface area contributed by atoms with Gasteiger partial charge in [0, 0.05) is 0 Å². The number of nitrogens with zero attached hydrogens (tertiary/aromatic N) is 1. The Kier molecular flexibility index (Phi) is 9.05. The van der Waals surface area contributed by atoms with E-state index in [1.54, 1.807) is 0 Å². The minimum Gasteiger partial charge on any atom is -0.306 e. The molecule has 1 rings (SSSR count). The molecule has 1 fully saturated rings. The Morgan fingerprint density at radius 1 is 0.889 bits per heavy atom. The molecule has 0 N–H and O–H groups in total. The van der Waals surface area contributed by atoms with E-state index in [1.165, 1.54) is 32.4 Å². The van der Waals surface area contributed by atoms with Crippen LogP contribution in [0.5, 0.6) is 0 Å². The van der Waals surface area contributed by atoms with Crippen molar-refractivity contribution in [2.45, 2.75) is 19.3 Å². The Morgan fingerprint density at radius 3 is 1.56 bits per heavy atom. The second-order valence-electron chi connectivity index (χ2n) is 2.36. The highest BCUT2D eigenvalue weighted by Gasteiger charge is 2.02. The summed E-state index contributed by atoms with van der Waals surface area (Å²) in [7, 11) is 2.19. The van der Waals surface area contributed by atoms with E-state index in [0.717, 1.165) is 0 Å². The molecule has 0 unspecified atom stereocenters. The summed E-state index contributed by atoms with van der Waals surface area (Å²) in [6.07, 6.45) is 4.28. The van der Waals surface area contributed by atoms with Crippen molar-refractivity contribution in [2.75, 3.05) is 20.1 Å². The fourth-order valence-corrected chi connectivity index (χ4v) is 1.05. The van der Waals surface area contributed by atoms with Crippen molar-refractivity contribution >= 4 is 24.8 Å². The Labute approximate surface area is 69.6 Å². The fourth-order valence-electron chi connectivity index (χ4n) is 1.05. The summed E-state index contributed by atoms with van der Waals surface area (Å²) in [5.41, 5.74) is 0. The predicted molar refractivity (Wildman–Crippen MR) is 45.8 cm³/mol. The molecule has 1 heterocycles. The molecule has 3 heteroatoms. The van der Waals surface area contributed by atoms with Crippen LogP contribution in [0.15, 0.2) is 0 Å². The Morgan fingerprint density at radius 2 is 1.33 bits per heavy atom. The van der Waals surface area contributed by atoms with E-state index >= 15 is 0 Å². The first-order valence-corrected chi connectivity index (χ1v) is 3.08. The maximum Gasteiger partial charge on any atom is -0.00218 e. The zero-order chi connectivity index (χ0) is 5.11. The normalized spacial score (nSPS) is 19.7. The second-order valence-corrected chi connectivity index (χ2v) is 2.36. The summed E-state index contributed by atoms with van der Waals surface area (Å²) in [5, 5.41) is 0. The molecule has 1 nitrogen and oxygen atoms in total. The third kappa shape index (κ3) is 5.01. The van der Waals surface area contributed by atoms with Gasteiger partial charge in [0.1, 0.15) is 0 Å². The average Bonchev–Trinajstić information content (AvgIpc) is 1.69. The molecular weight excluding hydrogens is 157 g/mol. The first-order chi connectivity index (χ1) is 3.39. The molecule has 0 bridgehead atoms. The van der Waals surface area contributed by atoms with Crippen molar-refractivity contribution in [2.24, 2.45) is 0 Å². The van der Waals surface area contributed by atoms with E-state index in [4.69, 9.17) is 0 Å². The molecule has 0 spiro atoms. The third-order valence-corrected chi connectivity index (χ3v) is 1.58. The molecule has 1 saturated heterocycles. The van der Waals surface area contributed by atoms with Gasteiger partial charge in [0.2, 0.25) is 0 Å². The highest BCUT2D eigenvalue weighted by atomic mass is 35.5. The molecule has 0 aromatic rings. The quantitative estimate of drug-likeness (QED) is 0.539. The summed E-state index contributed by atoms with van der Waals surface area (Å²) in [5.74, 6) is 0. The summed E-state index contributed by atoms with van der Waals surface area (Å²) in [6, 6.07) is 0. The van der Waals surface area contributed by atoms with Gasteiger partial charge in [-0.1, -0.05) is 6.42 Å². The van der Waals surface area contributed by atoms with Crippen molar-refractivity contribution in [3.05, 3.63) is 0 Å². The lowest BCUT2D eigenvalue weighted by Gasteiger charge is -2.20. The van der Waals surface area contributed by atoms with Crippen molar-refractivity contribution in [1.82, 2.24) is 4.90 Å². The molecule has 0 aromatic carbocycles. The molecule has 1 aliphatic rings. The zero-order valence-corrected chi connectivity index (χ0v) is 7.43. The minimum atomic E-state index is 0. The summed E-state index contributed by atoms with van der Waals surface area (Å²) < 4.78 is 0. The molecule has 0 aromatic heterocycles. The molecule has 58 valence electrons. The first kappa shape index (κ1) is 12.2. The SMILES string of the molecule is CN1CCCCC1.Cl.Cl. The van der Waals surface area contributed by atoms with Crippen LogP contribution >= 0.6 is 24.8 Å². The maximum atomic E-state index is 2.39. The van der Waals surface area contributed by atoms with Crippen LogP contribution in [0.3, 0.4) is 0 Å². The lowest BCUT2D eigenvalue weighted by atomic mass is 10.1. The van der Waals surface area contributed by atoms with Gasteiger partial charge in [0.15, 0.2) is 0 Å². The van der Waals surface area contributed by atoms with Gasteiger partial charge in [0.05, 0.1) is 0 Å². The zero-order valence-electron chi connectivity index (χ0n) is 5.80. The van der Waals surface area contributed by atoms with E-state index in [0.29, 0.717) is 0 Å². The molecule has 0 amide bonds. The average molecular weight is 172 g/mol. The number of hydrogen-bond donors (Lipinski definition) is 0. The number of piperidine rings is 1. The van der Waals surface area contributed by atoms with E-state index < -0.39 is 0 Å². The minimum absolute atomic E-state index is 0. The van der Waals surface area contributed by atoms with Crippen LogP contribution in [-0.2, 0) is 0 Å². The molecule has 1 aliphatic heterocycles. The van der Waals surface area contributed by atoms with Crippen LogP contribution in [0, 0.1) is 0 Å². The van der Waals surface area contributed by atoms with Crippen LogP contribution < -0.4 is 0 Å². The number of halogens is 2. The molecule has 0 atom stereocenters. The highest BCUT2D eigenvalue weighted by Crippen LogP contribution is 2.04. The van der Waals surface area contributed by atoms with E-state index in [1.807, 2.05) is 0 Å². The van der Waals surface area contributed by atoms with E-state index in [2.05, 4.69) is 11.9 Å². The van der Waals surface area contributed by atoms with Gasteiger partial charge in [-0.3, -0.25) is 0 Å². The standard InChI is InChI=1S/C6H13N.2ClH/c1-7-5-3-2-4-6-7;;/h2-6H2,1H3;2*1H. The fraction of sp³-hybridized carbons (Fsp3) is 1.00. The van der Waals surface area contributed by atoms with Gasteiger partial charge in [-0.2, -0.15) is 0 Å². The molecule has 0 radical (unpaired) electrons. The Balaban J connectivity index is 0. The van der Waals surface area contributed by atoms with Gasteiger partial charge in [-0.25, -0.2) is 0 Å². The van der Waals surface area contributed by atoms with Crippen LogP contribution in [0.1, 0.15) is 19.3 Å². The molecular formula is C6H15Cl2N. The van der Waals surface area contributed by atoms with Crippen LogP contribution in [0.2, 0.25) is 0 Å². The molecule has 0 saturated carbocycles. The van der Waals surface area contributed by atoms with Crippen LogP contribution in [-0.4, -0.2) is 25.0 Å². The van der Waals surface area contributed by atoms with Gasteiger partial charge in [-0.05, 0) is 33.0 Å². The van der Waals surface area contributed by atoms with E-state index in [-0.39, 0.29) is 24.8 Å². The van der Waals surface area contributed by atoms with Gasteiger partial charge in [-0.15, -0.1) is 24.8 Å². The van der Waals surface area contributed by atoms with Crippen molar-refractivity contribution in [1.29, 1.82) is 0 Å². The van der Waals surface area contributed by atoms with Gasteiger partial charge >= 0.3 is 0 Å². The first-order valence-electron chi connectivity index (χ1n) is 3.08.